The second-order valence-corrected chi connectivity index (χ2v) is 8.42. The lowest BCUT2D eigenvalue weighted by atomic mass is 10.1. The molecule has 0 spiro atoms. The zero-order chi connectivity index (χ0) is 22.1. The number of aryl methyl sites for hydroxylation is 2. The van der Waals surface area contributed by atoms with E-state index in [0.717, 1.165) is 55.1 Å². The van der Waals surface area contributed by atoms with Crippen LogP contribution in [0, 0.1) is 13.8 Å². The highest BCUT2D eigenvalue weighted by Gasteiger charge is 2.23. The van der Waals surface area contributed by atoms with E-state index in [4.69, 9.17) is 4.42 Å². The van der Waals surface area contributed by atoms with E-state index in [9.17, 15) is 4.79 Å². The molecule has 4 heterocycles. The summed E-state index contributed by atoms with van der Waals surface area (Å²) in [7, 11) is 0. The van der Waals surface area contributed by atoms with Gasteiger partial charge in [-0.3, -0.25) is 9.69 Å². The molecule has 3 aromatic heterocycles. The maximum absolute atomic E-state index is 13.0. The normalized spacial score (nSPS) is 14.9. The average molecular weight is 430 g/mol. The van der Waals surface area contributed by atoms with E-state index in [1.54, 1.807) is 17.1 Å². The summed E-state index contributed by atoms with van der Waals surface area (Å²) in [6, 6.07) is 14.3. The van der Waals surface area contributed by atoms with Crippen molar-refractivity contribution in [1.82, 2.24) is 24.6 Å². The van der Waals surface area contributed by atoms with E-state index in [1.807, 2.05) is 30.0 Å². The molecule has 1 amide bonds. The summed E-state index contributed by atoms with van der Waals surface area (Å²) in [5.41, 5.74) is 5.10. The molecule has 0 bridgehead atoms. The van der Waals surface area contributed by atoms with E-state index >= 15 is 0 Å². The minimum atomic E-state index is 0.0785. The number of carbonyl (C=O) groups is 1. The monoisotopic (exact) mass is 429 g/mol. The molecule has 7 nitrogen and oxygen atoms in total. The number of hydrogen-bond donors (Lipinski definition) is 0. The lowest BCUT2D eigenvalue weighted by molar-refractivity contribution is -0.133. The smallest absolute Gasteiger partial charge is 0.244 e. The number of pyridine rings is 1. The number of aromatic nitrogens is 3. The first-order chi connectivity index (χ1) is 15.6. The molecule has 1 saturated heterocycles. The van der Waals surface area contributed by atoms with Crippen molar-refractivity contribution in [1.29, 1.82) is 0 Å². The minimum absolute atomic E-state index is 0.0785. The van der Waals surface area contributed by atoms with Crippen molar-refractivity contribution in [3.05, 3.63) is 71.7 Å². The molecule has 0 saturated carbocycles. The molecule has 1 aliphatic heterocycles. The summed E-state index contributed by atoms with van der Waals surface area (Å²) < 4.78 is 7.30. The summed E-state index contributed by atoms with van der Waals surface area (Å²) in [6.07, 6.45) is 3.40. The Morgan fingerprint density at radius 1 is 1.06 bits per heavy atom. The number of benzene rings is 1. The van der Waals surface area contributed by atoms with Gasteiger partial charge in [0.05, 0.1) is 17.3 Å². The van der Waals surface area contributed by atoms with Gasteiger partial charge in [0.15, 0.2) is 5.65 Å². The molecular formula is C25H27N5O2. The molecule has 7 heteroatoms. The molecule has 4 aromatic rings. The summed E-state index contributed by atoms with van der Waals surface area (Å²) in [5, 5.41) is 5.56. The van der Waals surface area contributed by atoms with Gasteiger partial charge in [0.25, 0.3) is 0 Å². The van der Waals surface area contributed by atoms with Crippen molar-refractivity contribution >= 4 is 16.9 Å². The van der Waals surface area contributed by atoms with Crippen LogP contribution in [0.4, 0.5) is 0 Å². The summed E-state index contributed by atoms with van der Waals surface area (Å²) in [6.45, 7) is 8.39. The number of piperazine rings is 1. The van der Waals surface area contributed by atoms with Crippen LogP contribution in [-0.4, -0.2) is 56.7 Å². The highest BCUT2D eigenvalue weighted by atomic mass is 16.3. The zero-order valence-electron chi connectivity index (χ0n) is 18.5. The maximum atomic E-state index is 13.0. The summed E-state index contributed by atoms with van der Waals surface area (Å²) in [4.78, 5) is 21.9. The van der Waals surface area contributed by atoms with Crippen molar-refractivity contribution in [3.8, 4) is 11.3 Å². The first-order valence-electron chi connectivity index (χ1n) is 11.0. The van der Waals surface area contributed by atoms with Gasteiger partial charge in [-0.1, -0.05) is 29.8 Å². The number of furan rings is 1. The Hall–Kier alpha value is -3.45. The summed E-state index contributed by atoms with van der Waals surface area (Å²) in [5.74, 6) is 0.853. The largest absolute Gasteiger partial charge is 0.464 e. The van der Waals surface area contributed by atoms with Crippen LogP contribution in [0.15, 0.2) is 59.3 Å². The first kappa shape index (κ1) is 20.5. The van der Waals surface area contributed by atoms with Crippen molar-refractivity contribution in [2.24, 2.45) is 0 Å². The molecule has 1 aromatic carbocycles. The molecule has 164 valence electrons. The maximum Gasteiger partial charge on any atom is 0.244 e. The van der Waals surface area contributed by atoms with Gasteiger partial charge in [-0.15, -0.1) is 0 Å². The van der Waals surface area contributed by atoms with Gasteiger partial charge < -0.3 is 9.32 Å². The Labute approximate surface area is 187 Å². The fourth-order valence-electron chi connectivity index (χ4n) is 4.48. The van der Waals surface area contributed by atoms with E-state index in [-0.39, 0.29) is 12.5 Å². The third-order valence-electron chi connectivity index (χ3n) is 6.09. The topological polar surface area (TPSA) is 67.4 Å². The van der Waals surface area contributed by atoms with Gasteiger partial charge in [-0.05, 0) is 37.6 Å². The van der Waals surface area contributed by atoms with Crippen molar-refractivity contribution in [2.45, 2.75) is 26.9 Å². The number of carbonyl (C=O) groups excluding carboxylic acids is 1. The van der Waals surface area contributed by atoms with Crippen LogP contribution in [0.3, 0.4) is 0 Å². The Bertz CT molecular complexity index is 1240. The number of fused-ring (bicyclic) bond motifs is 1. The molecule has 5 rings (SSSR count). The fraction of sp³-hybridized carbons (Fsp3) is 0.320. The first-order valence-corrected chi connectivity index (χ1v) is 11.0. The lowest BCUT2D eigenvalue weighted by Crippen LogP contribution is -2.49. The van der Waals surface area contributed by atoms with Crippen LogP contribution in [0.1, 0.15) is 16.8 Å². The third-order valence-corrected chi connectivity index (χ3v) is 6.09. The van der Waals surface area contributed by atoms with Gasteiger partial charge in [0.2, 0.25) is 5.91 Å². The second kappa shape index (κ2) is 8.59. The Kier molecular flexibility index (Phi) is 5.49. The average Bonchev–Trinajstić information content (AvgIpc) is 3.43. The van der Waals surface area contributed by atoms with Gasteiger partial charge in [-0.25, -0.2) is 9.67 Å². The predicted molar refractivity (Wildman–Crippen MR) is 123 cm³/mol. The van der Waals surface area contributed by atoms with E-state index in [2.05, 4.69) is 46.2 Å². The van der Waals surface area contributed by atoms with Crippen LogP contribution < -0.4 is 0 Å². The van der Waals surface area contributed by atoms with Gasteiger partial charge >= 0.3 is 0 Å². The SMILES string of the molecule is Cc1cccc(CN2CCN(C(=O)Cn3nc(C)c4c(-c5ccco5)ccnc43)CC2)c1. The Morgan fingerprint density at radius 2 is 1.91 bits per heavy atom. The van der Waals surface area contributed by atoms with E-state index in [1.165, 1.54) is 11.1 Å². The Morgan fingerprint density at radius 3 is 2.66 bits per heavy atom. The molecule has 32 heavy (non-hydrogen) atoms. The van der Waals surface area contributed by atoms with Crippen LogP contribution >= 0.6 is 0 Å². The third kappa shape index (κ3) is 4.03. The molecule has 0 radical (unpaired) electrons. The molecule has 0 aliphatic carbocycles. The lowest BCUT2D eigenvalue weighted by Gasteiger charge is -2.34. The second-order valence-electron chi connectivity index (χ2n) is 8.42. The van der Waals surface area contributed by atoms with Crippen LogP contribution in [0.2, 0.25) is 0 Å². The predicted octanol–water partition coefficient (Wildman–Crippen LogP) is 3.65. The van der Waals surface area contributed by atoms with E-state index < -0.39 is 0 Å². The van der Waals surface area contributed by atoms with Crippen molar-refractivity contribution in [3.63, 3.8) is 0 Å². The molecule has 1 fully saturated rings. The number of nitrogens with zero attached hydrogens (tertiary/aromatic N) is 5. The minimum Gasteiger partial charge on any atom is -0.464 e. The van der Waals surface area contributed by atoms with Crippen molar-refractivity contribution < 1.29 is 9.21 Å². The van der Waals surface area contributed by atoms with Crippen LogP contribution in [0.5, 0.6) is 0 Å². The standard InChI is InChI=1S/C25H27N5O2/c1-18-5-3-6-20(15-18)16-28-10-12-29(13-11-28)23(31)17-30-25-24(19(2)27-30)21(8-9-26-25)22-7-4-14-32-22/h3-9,14-15H,10-13,16-17H2,1-2H3. The molecule has 0 atom stereocenters. The molecule has 1 aliphatic rings. The number of amides is 1. The molecule has 0 N–H and O–H groups in total. The summed E-state index contributed by atoms with van der Waals surface area (Å²) >= 11 is 0. The number of rotatable bonds is 5. The van der Waals surface area contributed by atoms with Gasteiger partial charge in [0.1, 0.15) is 12.3 Å². The van der Waals surface area contributed by atoms with Crippen molar-refractivity contribution in [2.75, 3.05) is 26.2 Å². The zero-order valence-corrected chi connectivity index (χ0v) is 18.5. The van der Waals surface area contributed by atoms with E-state index in [0.29, 0.717) is 5.65 Å². The number of hydrogen-bond acceptors (Lipinski definition) is 5. The van der Waals surface area contributed by atoms with Crippen LogP contribution in [-0.2, 0) is 17.9 Å². The quantitative estimate of drug-likeness (QED) is 0.484. The highest BCUT2D eigenvalue weighted by molar-refractivity contribution is 5.93. The van der Waals surface area contributed by atoms with Crippen LogP contribution in [0.25, 0.3) is 22.4 Å². The molecule has 0 unspecified atom stereocenters. The van der Waals surface area contributed by atoms with Gasteiger partial charge in [-0.2, -0.15) is 5.10 Å². The molecular weight excluding hydrogens is 402 g/mol. The highest BCUT2D eigenvalue weighted by Crippen LogP contribution is 2.30. The fourth-order valence-corrected chi connectivity index (χ4v) is 4.48. The Balaban J connectivity index is 1.26. The van der Waals surface area contributed by atoms with Gasteiger partial charge in [0, 0.05) is 44.5 Å².